The van der Waals surface area contributed by atoms with Crippen LogP contribution in [-0.2, 0) is 17.6 Å². The quantitative estimate of drug-likeness (QED) is 0.814. The molecule has 0 atom stereocenters. The van der Waals surface area contributed by atoms with Gasteiger partial charge >= 0.3 is 5.97 Å². The highest BCUT2D eigenvalue weighted by Gasteiger charge is 2.04. The van der Waals surface area contributed by atoms with Gasteiger partial charge in [0.2, 0.25) is 0 Å². The predicted molar refractivity (Wildman–Crippen MR) is 58.8 cm³/mol. The van der Waals surface area contributed by atoms with Crippen LogP contribution in [0.1, 0.15) is 30.0 Å². The lowest BCUT2D eigenvalue weighted by molar-refractivity contribution is -0.136. The van der Waals surface area contributed by atoms with Gasteiger partial charge in [0.05, 0.1) is 6.42 Å². The molecule has 0 aliphatic rings. The van der Waals surface area contributed by atoms with Crippen molar-refractivity contribution in [2.45, 2.75) is 33.1 Å². The Balaban J connectivity index is 2.46. The molecule has 0 saturated heterocycles. The second-order valence-corrected chi connectivity index (χ2v) is 5.11. The third-order valence-electron chi connectivity index (χ3n) is 1.91. The molecule has 78 valence electrons. The van der Waals surface area contributed by atoms with E-state index in [9.17, 15) is 4.79 Å². The van der Waals surface area contributed by atoms with Gasteiger partial charge in [0.15, 0.2) is 0 Å². The maximum atomic E-state index is 10.4. The number of aryl methyl sites for hydroxylation is 1. The molecule has 3 heteroatoms. The first-order valence-electron chi connectivity index (χ1n) is 4.87. The summed E-state index contributed by atoms with van der Waals surface area (Å²) in [5.41, 5.74) is 0. The fraction of sp³-hybridized carbons (Fsp3) is 0.545. The van der Waals surface area contributed by atoms with Gasteiger partial charge in [-0.1, -0.05) is 13.8 Å². The van der Waals surface area contributed by atoms with Gasteiger partial charge < -0.3 is 5.11 Å². The lowest BCUT2D eigenvalue weighted by Gasteiger charge is -1.99. The summed E-state index contributed by atoms with van der Waals surface area (Å²) in [7, 11) is 0. The summed E-state index contributed by atoms with van der Waals surface area (Å²) in [5, 5.41) is 8.53. The Morgan fingerprint density at radius 1 is 1.43 bits per heavy atom. The number of aliphatic carboxylic acids is 1. The van der Waals surface area contributed by atoms with Gasteiger partial charge in [0.1, 0.15) is 0 Å². The summed E-state index contributed by atoms with van der Waals surface area (Å²) < 4.78 is 0. The van der Waals surface area contributed by atoms with E-state index in [-0.39, 0.29) is 6.42 Å². The van der Waals surface area contributed by atoms with Crippen molar-refractivity contribution in [3.63, 3.8) is 0 Å². The Kier molecular flexibility index (Phi) is 4.14. The zero-order chi connectivity index (χ0) is 10.6. The van der Waals surface area contributed by atoms with Crippen molar-refractivity contribution >= 4 is 17.3 Å². The van der Waals surface area contributed by atoms with E-state index in [1.807, 2.05) is 6.07 Å². The van der Waals surface area contributed by atoms with Crippen LogP contribution in [0.5, 0.6) is 0 Å². The summed E-state index contributed by atoms with van der Waals surface area (Å²) in [4.78, 5) is 12.9. The Bertz CT molecular complexity index is 302. The molecular formula is C11H16O2S. The van der Waals surface area contributed by atoms with Crippen LogP contribution >= 0.6 is 11.3 Å². The fourth-order valence-corrected chi connectivity index (χ4v) is 2.53. The molecule has 0 fully saturated rings. The number of carboxylic acid groups (broad SMARTS) is 1. The van der Waals surface area contributed by atoms with E-state index in [4.69, 9.17) is 5.11 Å². The van der Waals surface area contributed by atoms with Gasteiger partial charge in [-0.2, -0.15) is 0 Å². The van der Waals surface area contributed by atoms with E-state index < -0.39 is 5.97 Å². The molecule has 1 N–H and O–H groups in total. The monoisotopic (exact) mass is 212 g/mol. The second kappa shape index (κ2) is 5.15. The van der Waals surface area contributed by atoms with E-state index in [1.165, 1.54) is 9.75 Å². The third kappa shape index (κ3) is 3.92. The molecule has 1 aromatic rings. The highest BCUT2D eigenvalue weighted by molar-refractivity contribution is 7.12. The molecule has 0 unspecified atom stereocenters. The molecule has 0 aromatic carbocycles. The maximum Gasteiger partial charge on any atom is 0.303 e. The van der Waals surface area contributed by atoms with Crippen molar-refractivity contribution in [3.8, 4) is 0 Å². The normalized spacial score (nSPS) is 10.8. The highest BCUT2D eigenvalue weighted by atomic mass is 32.1. The molecule has 0 saturated carbocycles. The van der Waals surface area contributed by atoms with E-state index in [2.05, 4.69) is 19.9 Å². The molecule has 1 heterocycles. The van der Waals surface area contributed by atoms with Crippen LogP contribution in [0.4, 0.5) is 0 Å². The number of hydrogen-bond donors (Lipinski definition) is 1. The summed E-state index contributed by atoms with van der Waals surface area (Å²) in [6, 6.07) is 4.16. The van der Waals surface area contributed by atoms with Gasteiger partial charge in [-0.3, -0.25) is 4.79 Å². The molecule has 1 aromatic heterocycles. The van der Waals surface area contributed by atoms with Crippen molar-refractivity contribution in [1.29, 1.82) is 0 Å². The first-order valence-corrected chi connectivity index (χ1v) is 5.69. The molecule has 0 aliphatic carbocycles. The third-order valence-corrected chi connectivity index (χ3v) is 3.08. The van der Waals surface area contributed by atoms with Crippen LogP contribution in [0.15, 0.2) is 12.1 Å². The smallest absolute Gasteiger partial charge is 0.303 e. The fourth-order valence-electron chi connectivity index (χ4n) is 1.30. The minimum absolute atomic E-state index is 0.238. The predicted octanol–water partition coefficient (Wildman–Crippen LogP) is 2.96. The average Bonchev–Trinajstić information content (AvgIpc) is 2.47. The van der Waals surface area contributed by atoms with Crippen molar-refractivity contribution in [3.05, 3.63) is 21.9 Å². The van der Waals surface area contributed by atoms with Crippen LogP contribution in [0.25, 0.3) is 0 Å². The molecular weight excluding hydrogens is 196 g/mol. The minimum atomic E-state index is -0.719. The number of rotatable bonds is 5. The zero-order valence-corrected chi connectivity index (χ0v) is 9.43. The van der Waals surface area contributed by atoms with Crippen LogP contribution in [-0.4, -0.2) is 11.1 Å². The molecule has 14 heavy (non-hydrogen) atoms. The summed E-state index contributed by atoms with van der Waals surface area (Å²) in [6.45, 7) is 4.38. The van der Waals surface area contributed by atoms with E-state index >= 15 is 0 Å². The molecule has 0 amide bonds. The van der Waals surface area contributed by atoms with Crippen molar-refractivity contribution in [2.24, 2.45) is 5.92 Å². The standard InChI is InChI=1S/C11H16O2S/c1-8(2)7-10-4-3-9(14-10)5-6-11(12)13/h3-4,8H,5-7H2,1-2H3,(H,12,13). The average molecular weight is 212 g/mol. The minimum Gasteiger partial charge on any atom is -0.481 e. The molecule has 0 aliphatic heterocycles. The van der Waals surface area contributed by atoms with Crippen LogP contribution in [0.3, 0.4) is 0 Å². The van der Waals surface area contributed by atoms with Crippen LogP contribution < -0.4 is 0 Å². The van der Waals surface area contributed by atoms with Crippen molar-refractivity contribution in [1.82, 2.24) is 0 Å². The SMILES string of the molecule is CC(C)Cc1ccc(CCC(=O)O)s1. The number of carboxylic acids is 1. The Morgan fingerprint density at radius 2 is 2.07 bits per heavy atom. The van der Waals surface area contributed by atoms with E-state index in [0.717, 1.165) is 6.42 Å². The molecule has 0 bridgehead atoms. The molecule has 2 nitrogen and oxygen atoms in total. The van der Waals surface area contributed by atoms with Gasteiger partial charge in [0, 0.05) is 9.75 Å². The lowest BCUT2D eigenvalue weighted by atomic mass is 10.1. The highest BCUT2D eigenvalue weighted by Crippen LogP contribution is 2.20. The number of carbonyl (C=O) groups is 1. The largest absolute Gasteiger partial charge is 0.481 e. The molecule has 1 rings (SSSR count). The van der Waals surface area contributed by atoms with Gasteiger partial charge in [-0.25, -0.2) is 0 Å². The maximum absolute atomic E-state index is 10.4. The first kappa shape index (κ1) is 11.2. The second-order valence-electron chi connectivity index (χ2n) is 3.86. The van der Waals surface area contributed by atoms with Crippen LogP contribution in [0, 0.1) is 5.92 Å². The Labute approximate surface area is 88.6 Å². The van der Waals surface area contributed by atoms with Crippen molar-refractivity contribution < 1.29 is 9.90 Å². The Morgan fingerprint density at radius 3 is 2.64 bits per heavy atom. The summed E-state index contributed by atoms with van der Waals surface area (Å²) in [5.74, 6) is -0.0511. The summed E-state index contributed by atoms with van der Waals surface area (Å²) >= 11 is 1.74. The first-order chi connectivity index (χ1) is 6.58. The molecule has 0 radical (unpaired) electrons. The lowest BCUT2D eigenvalue weighted by Crippen LogP contribution is -1.95. The topological polar surface area (TPSA) is 37.3 Å². The summed E-state index contributed by atoms with van der Waals surface area (Å²) in [6.07, 6.45) is 2.00. The van der Waals surface area contributed by atoms with Gasteiger partial charge in [0.25, 0.3) is 0 Å². The van der Waals surface area contributed by atoms with Gasteiger partial charge in [-0.05, 0) is 30.9 Å². The van der Waals surface area contributed by atoms with Crippen LogP contribution in [0.2, 0.25) is 0 Å². The van der Waals surface area contributed by atoms with Gasteiger partial charge in [-0.15, -0.1) is 11.3 Å². The van der Waals surface area contributed by atoms with E-state index in [0.29, 0.717) is 12.3 Å². The van der Waals surface area contributed by atoms with E-state index in [1.54, 1.807) is 11.3 Å². The molecule has 0 spiro atoms. The zero-order valence-electron chi connectivity index (χ0n) is 8.62. The number of hydrogen-bond acceptors (Lipinski definition) is 2. The number of thiophene rings is 1. The Hall–Kier alpha value is -0.830. The van der Waals surface area contributed by atoms with Crippen molar-refractivity contribution in [2.75, 3.05) is 0 Å².